The molecule has 0 spiro atoms. The maximum absolute atomic E-state index is 6.27. The summed E-state index contributed by atoms with van der Waals surface area (Å²) >= 11 is 0. The molecular formula is C15H18N2O. The number of benzene rings is 1. The number of pyridine rings is 1. The van der Waals surface area contributed by atoms with Crippen LogP contribution in [0.15, 0.2) is 42.5 Å². The second-order valence-corrected chi connectivity index (χ2v) is 4.15. The maximum Gasteiger partial charge on any atom is 0.124 e. The summed E-state index contributed by atoms with van der Waals surface area (Å²) in [6.45, 7) is 4.56. The Bertz CT molecular complexity index is 525. The third-order valence-electron chi connectivity index (χ3n) is 2.78. The van der Waals surface area contributed by atoms with Crippen LogP contribution in [-0.4, -0.2) is 11.6 Å². The van der Waals surface area contributed by atoms with Gasteiger partial charge in [-0.25, -0.2) is 0 Å². The topological polar surface area (TPSA) is 48.1 Å². The molecule has 1 heterocycles. The molecule has 2 rings (SSSR count). The van der Waals surface area contributed by atoms with Crippen molar-refractivity contribution in [1.29, 1.82) is 0 Å². The van der Waals surface area contributed by atoms with Gasteiger partial charge in [0.1, 0.15) is 5.75 Å². The van der Waals surface area contributed by atoms with Gasteiger partial charge in [0.25, 0.3) is 0 Å². The van der Waals surface area contributed by atoms with Gasteiger partial charge in [-0.1, -0.05) is 24.3 Å². The smallest absolute Gasteiger partial charge is 0.124 e. The van der Waals surface area contributed by atoms with Gasteiger partial charge in [0.2, 0.25) is 0 Å². The first kappa shape index (κ1) is 12.6. The van der Waals surface area contributed by atoms with Crippen molar-refractivity contribution in [1.82, 2.24) is 4.98 Å². The molecule has 2 aromatic rings. The van der Waals surface area contributed by atoms with Crippen molar-refractivity contribution in [2.75, 3.05) is 6.61 Å². The molecule has 0 saturated heterocycles. The predicted molar refractivity (Wildman–Crippen MR) is 72.6 cm³/mol. The third-order valence-corrected chi connectivity index (χ3v) is 2.78. The number of rotatable bonds is 4. The number of hydrogen-bond donors (Lipinski definition) is 1. The van der Waals surface area contributed by atoms with Crippen molar-refractivity contribution < 1.29 is 4.74 Å². The number of hydrogen-bond acceptors (Lipinski definition) is 3. The molecular weight excluding hydrogens is 224 g/mol. The van der Waals surface area contributed by atoms with Crippen LogP contribution in [0.4, 0.5) is 0 Å². The summed E-state index contributed by atoms with van der Waals surface area (Å²) in [5, 5.41) is 0. The minimum atomic E-state index is -0.257. The minimum Gasteiger partial charge on any atom is -0.494 e. The molecule has 0 saturated carbocycles. The van der Waals surface area contributed by atoms with Gasteiger partial charge in [-0.2, -0.15) is 0 Å². The summed E-state index contributed by atoms with van der Waals surface area (Å²) < 4.78 is 5.60. The van der Waals surface area contributed by atoms with Crippen LogP contribution in [0.25, 0.3) is 0 Å². The van der Waals surface area contributed by atoms with E-state index in [1.54, 1.807) is 0 Å². The summed E-state index contributed by atoms with van der Waals surface area (Å²) in [4.78, 5) is 4.47. The Morgan fingerprint density at radius 1 is 1.17 bits per heavy atom. The Hall–Kier alpha value is -1.87. The summed E-state index contributed by atoms with van der Waals surface area (Å²) in [5.74, 6) is 0.829. The van der Waals surface area contributed by atoms with E-state index < -0.39 is 0 Å². The molecule has 0 aliphatic rings. The van der Waals surface area contributed by atoms with Crippen molar-refractivity contribution in [2.24, 2.45) is 5.73 Å². The molecule has 0 fully saturated rings. The number of nitrogens with two attached hydrogens (primary N) is 1. The van der Waals surface area contributed by atoms with E-state index in [0.29, 0.717) is 6.61 Å². The first-order valence-corrected chi connectivity index (χ1v) is 6.13. The van der Waals surface area contributed by atoms with Crippen LogP contribution in [-0.2, 0) is 0 Å². The van der Waals surface area contributed by atoms with Gasteiger partial charge in [-0.15, -0.1) is 0 Å². The van der Waals surface area contributed by atoms with Crippen LogP contribution in [0.2, 0.25) is 0 Å². The minimum absolute atomic E-state index is 0.257. The standard InChI is InChI=1S/C15H18N2O/c1-3-18-14-10-5-4-8-12(14)15(16)13-9-6-7-11(2)17-13/h4-10,15H,3,16H2,1-2H3. The summed E-state index contributed by atoms with van der Waals surface area (Å²) in [6.07, 6.45) is 0. The zero-order chi connectivity index (χ0) is 13.0. The molecule has 0 amide bonds. The maximum atomic E-state index is 6.27. The Labute approximate surface area is 108 Å². The molecule has 0 aliphatic carbocycles. The van der Waals surface area contributed by atoms with E-state index in [2.05, 4.69) is 4.98 Å². The molecule has 0 radical (unpaired) electrons. The second-order valence-electron chi connectivity index (χ2n) is 4.15. The van der Waals surface area contributed by atoms with Gasteiger partial charge in [0.05, 0.1) is 18.3 Å². The second kappa shape index (κ2) is 5.65. The normalized spacial score (nSPS) is 12.2. The molecule has 94 valence electrons. The average molecular weight is 242 g/mol. The lowest BCUT2D eigenvalue weighted by Gasteiger charge is -2.16. The van der Waals surface area contributed by atoms with Crippen LogP contribution >= 0.6 is 0 Å². The van der Waals surface area contributed by atoms with Crippen molar-refractivity contribution >= 4 is 0 Å². The molecule has 0 aliphatic heterocycles. The molecule has 0 bridgehead atoms. The Morgan fingerprint density at radius 3 is 2.67 bits per heavy atom. The number of nitrogens with zero attached hydrogens (tertiary/aromatic N) is 1. The molecule has 3 nitrogen and oxygen atoms in total. The molecule has 3 heteroatoms. The monoisotopic (exact) mass is 242 g/mol. The quantitative estimate of drug-likeness (QED) is 0.896. The van der Waals surface area contributed by atoms with Gasteiger partial charge < -0.3 is 10.5 Å². The Balaban J connectivity index is 2.36. The number of aryl methyl sites for hydroxylation is 1. The van der Waals surface area contributed by atoms with Crippen molar-refractivity contribution in [3.8, 4) is 5.75 Å². The highest BCUT2D eigenvalue weighted by Gasteiger charge is 2.14. The predicted octanol–water partition coefficient (Wildman–Crippen LogP) is 2.84. The zero-order valence-corrected chi connectivity index (χ0v) is 10.8. The highest BCUT2D eigenvalue weighted by atomic mass is 16.5. The number of aromatic nitrogens is 1. The number of para-hydroxylation sites is 1. The van der Waals surface area contributed by atoms with Crippen LogP contribution in [0.3, 0.4) is 0 Å². The van der Waals surface area contributed by atoms with Crippen LogP contribution < -0.4 is 10.5 Å². The molecule has 1 unspecified atom stereocenters. The largest absolute Gasteiger partial charge is 0.494 e. The lowest BCUT2D eigenvalue weighted by atomic mass is 10.0. The van der Waals surface area contributed by atoms with E-state index in [9.17, 15) is 0 Å². The van der Waals surface area contributed by atoms with E-state index in [1.165, 1.54) is 0 Å². The molecule has 1 aromatic heterocycles. The zero-order valence-electron chi connectivity index (χ0n) is 10.8. The van der Waals surface area contributed by atoms with Crippen molar-refractivity contribution in [2.45, 2.75) is 19.9 Å². The van der Waals surface area contributed by atoms with Crippen LogP contribution in [0.1, 0.15) is 29.9 Å². The van der Waals surface area contributed by atoms with Gasteiger partial charge in [0, 0.05) is 11.3 Å². The average Bonchev–Trinajstić information content (AvgIpc) is 2.39. The van der Waals surface area contributed by atoms with Gasteiger partial charge in [0.15, 0.2) is 0 Å². The van der Waals surface area contributed by atoms with E-state index >= 15 is 0 Å². The summed E-state index contributed by atoms with van der Waals surface area (Å²) in [5.41, 5.74) is 9.08. The van der Waals surface area contributed by atoms with Gasteiger partial charge in [-0.05, 0) is 32.0 Å². The fourth-order valence-electron chi connectivity index (χ4n) is 1.92. The van der Waals surface area contributed by atoms with Crippen molar-refractivity contribution in [3.63, 3.8) is 0 Å². The SMILES string of the molecule is CCOc1ccccc1C(N)c1cccc(C)n1. The van der Waals surface area contributed by atoms with Gasteiger partial charge in [-0.3, -0.25) is 4.98 Å². The first-order valence-electron chi connectivity index (χ1n) is 6.13. The molecule has 2 N–H and O–H groups in total. The fraction of sp³-hybridized carbons (Fsp3) is 0.267. The highest BCUT2D eigenvalue weighted by molar-refractivity contribution is 5.39. The lowest BCUT2D eigenvalue weighted by molar-refractivity contribution is 0.335. The summed E-state index contributed by atoms with van der Waals surface area (Å²) in [6, 6.07) is 13.5. The third kappa shape index (κ3) is 2.68. The van der Waals surface area contributed by atoms with Crippen molar-refractivity contribution in [3.05, 3.63) is 59.4 Å². The Kier molecular flexibility index (Phi) is 3.95. The van der Waals surface area contributed by atoms with E-state index in [1.807, 2.05) is 56.3 Å². The Morgan fingerprint density at radius 2 is 1.94 bits per heavy atom. The fourth-order valence-corrected chi connectivity index (χ4v) is 1.92. The molecule has 18 heavy (non-hydrogen) atoms. The van der Waals surface area contributed by atoms with E-state index in [0.717, 1.165) is 22.7 Å². The summed E-state index contributed by atoms with van der Waals surface area (Å²) in [7, 11) is 0. The van der Waals surface area contributed by atoms with Crippen LogP contribution in [0, 0.1) is 6.92 Å². The van der Waals surface area contributed by atoms with Crippen LogP contribution in [0.5, 0.6) is 5.75 Å². The molecule has 1 atom stereocenters. The first-order chi connectivity index (χ1) is 8.72. The lowest BCUT2D eigenvalue weighted by Crippen LogP contribution is -2.15. The highest BCUT2D eigenvalue weighted by Crippen LogP contribution is 2.27. The number of ether oxygens (including phenoxy) is 1. The van der Waals surface area contributed by atoms with E-state index in [4.69, 9.17) is 10.5 Å². The van der Waals surface area contributed by atoms with E-state index in [-0.39, 0.29) is 6.04 Å². The van der Waals surface area contributed by atoms with Gasteiger partial charge >= 0.3 is 0 Å². The molecule has 1 aromatic carbocycles.